The Hall–Kier alpha value is -1.58. The average Bonchev–Trinajstić information content (AvgIpc) is 3.17. The van der Waals surface area contributed by atoms with Gasteiger partial charge in [0.25, 0.3) is 0 Å². The predicted octanol–water partition coefficient (Wildman–Crippen LogP) is 1.46. The van der Waals surface area contributed by atoms with E-state index in [9.17, 15) is 12.8 Å². The molecule has 0 spiro atoms. The SMILES string of the molecule is O=S(=O)(Nc1ccc(F)c(C#CCCO)c1)C1CC1. The van der Waals surface area contributed by atoms with Crippen molar-refractivity contribution in [2.75, 3.05) is 11.3 Å². The second kappa shape index (κ2) is 5.59. The molecular formula is C13H14FNO3S. The molecule has 0 atom stereocenters. The van der Waals surface area contributed by atoms with E-state index >= 15 is 0 Å². The normalized spacial score (nSPS) is 14.6. The molecule has 2 N–H and O–H groups in total. The summed E-state index contributed by atoms with van der Waals surface area (Å²) in [5.41, 5.74) is 0.422. The number of sulfonamides is 1. The summed E-state index contributed by atoms with van der Waals surface area (Å²) in [4.78, 5) is 0. The highest BCUT2D eigenvalue weighted by Crippen LogP contribution is 2.29. The minimum Gasteiger partial charge on any atom is -0.395 e. The van der Waals surface area contributed by atoms with Gasteiger partial charge in [-0.2, -0.15) is 0 Å². The van der Waals surface area contributed by atoms with Gasteiger partial charge in [-0.15, -0.1) is 0 Å². The Morgan fingerprint density at radius 2 is 2.16 bits per heavy atom. The molecule has 102 valence electrons. The molecule has 0 bridgehead atoms. The highest BCUT2D eigenvalue weighted by Gasteiger charge is 2.35. The third-order valence-electron chi connectivity index (χ3n) is 2.65. The van der Waals surface area contributed by atoms with Crippen LogP contribution in [0.2, 0.25) is 0 Å². The van der Waals surface area contributed by atoms with Crippen molar-refractivity contribution in [3.8, 4) is 11.8 Å². The van der Waals surface area contributed by atoms with Gasteiger partial charge >= 0.3 is 0 Å². The zero-order valence-corrected chi connectivity index (χ0v) is 11.0. The lowest BCUT2D eigenvalue weighted by Crippen LogP contribution is -2.17. The largest absolute Gasteiger partial charge is 0.395 e. The maximum Gasteiger partial charge on any atom is 0.235 e. The number of anilines is 1. The van der Waals surface area contributed by atoms with Crippen LogP contribution >= 0.6 is 0 Å². The Labute approximate surface area is 111 Å². The Bertz CT molecular complexity index is 627. The van der Waals surface area contributed by atoms with Crippen molar-refractivity contribution < 1.29 is 17.9 Å². The van der Waals surface area contributed by atoms with Gasteiger partial charge in [0.2, 0.25) is 10.0 Å². The number of halogens is 1. The van der Waals surface area contributed by atoms with E-state index in [1.165, 1.54) is 18.2 Å². The van der Waals surface area contributed by atoms with Gasteiger partial charge in [0.15, 0.2) is 0 Å². The molecule has 6 heteroatoms. The lowest BCUT2D eigenvalue weighted by atomic mass is 10.2. The fraction of sp³-hybridized carbons (Fsp3) is 0.385. The molecule has 1 aliphatic rings. The van der Waals surface area contributed by atoms with E-state index in [1.807, 2.05) is 0 Å². The number of hydrogen-bond acceptors (Lipinski definition) is 3. The number of nitrogens with one attached hydrogen (secondary N) is 1. The van der Waals surface area contributed by atoms with Gasteiger partial charge in [0.05, 0.1) is 17.4 Å². The highest BCUT2D eigenvalue weighted by molar-refractivity contribution is 7.93. The highest BCUT2D eigenvalue weighted by atomic mass is 32.2. The summed E-state index contributed by atoms with van der Waals surface area (Å²) in [5, 5.41) is 8.27. The maximum absolute atomic E-state index is 13.5. The Kier molecular flexibility index (Phi) is 4.08. The molecule has 2 rings (SSSR count). The van der Waals surface area contributed by atoms with E-state index in [0.717, 1.165) is 0 Å². The smallest absolute Gasteiger partial charge is 0.235 e. The van der Waals surface area contributed by atoms with Gasteiger partial charge < -0.3 is 5.11 Å². The molecule has 1 fully saturated rings. The first-order valence-electron chi connectivity index (χ1n) is 5.94. The number of rotatable bonds is 4. The van der Waals surface area contributed by atoms with Crippen LogP contribution in [0, 0.1) is 17.7 Å². The van der Waals surface area contributed by atoms with Gasteiger partial charge in [0, 0.05) is 12.1 Å². The number of aliphatic hydroxyl groups excluding tert-OH is 1. The molecule has 1 aliphatic carbocycles. The summed E-state index contributed by atoms with van der Waals surface area (Å²) in [6, 6.07) is 3.90. The molecule has 19 heavy (non-hydrogen) atoms. The van der Waals surface area contributed by atoms with Crippen molar-refractivity contribution in [3.05, 3.63) is 29.6 Å². The summed E-state index contributed by atoms with van der Waals surface area (Å²) < 4.78 is 39.4. The van der Waals surface area contributed by atoms with Gasteiger partial charge in [0.1, 0.15) is 5.82 Å². The number of hydrogen-bond donors (Lipinski definition) is 2. The van der Waals surface area contributed by atoms with Crippen LogP contribution in [0.1, 0.15) is 24.8 Å². The van der Waals surface area contributed by atoms with E-state index in [4.69, 9.17) is 5.11 Å². The predicted molar refractivity (Wildman–Crippen MR) is 70.5 cm³/mol. The Morgan fingerprint density at radius 1 is 1.42 bits per heavy atom. The number of benzene rings is 1. The fourth-order valence-corrected chi connectivity index (χ4v) is 2.90. The quantitative estimate of drug-likeness (QED) is 0.822. The molecule has 1 aromatic rings. The van der Waals surface area contributed by atoms with E-state index in [0.29, 0.717) is 18.5 Å². The van der Waals surface area contributed by atoms with Crippen molar-refractivity contribution >= 4 is 15.7 Å². The van der Waals surface area contributed by atoms with Gasteiger partial charge in [-0.3, -0.25) is 4.72 Å². The van der Waals surface area contributed by atoms with Crippen molar-refractivity contribution in [2.24, 2.45) is 0 Å². The monoisotopic (exact) mass is 283 g/mol. The topological polar surface area (TPSA) is 66.4 Å². The molecule has 0 radical (unpaired) electrons. The lowest BCUT2D eigenvalue weighted by Gasteiger charge is -2.07. The van der Waals surface area contributed by atoms with Crippen LogP contribution in [0.3, 0.4) is 0 Å². The molecule has 0 aliphatic heterocycles. The summed E-state index contributed by atoms with van der Waals surface area (Å²) in [7, 11) is -3.36. The van der Waals surface area contributed by atoms with Crippen LogP contribution in [0.15, 0.2) is 18.2 Å². The summed E-state index contributed by atoms with van der Waals surface area (Å²) in [5.74, 6) is 4.65. The second-order valence-corrected chi connectivity index (χ2v) is 6.28. The first-order chi connectivity index (χ1) is 9.03. The van der Waals surface area contributed by atoms with Crippen molar-refractivity contribution in [1.29, 1.82) is 0 Å². The summed E-state index contributed by atoms with van der Waals surface area (Å²) >= 11 is 0. The van der Waals surface area contributed by atoms with Crippen molar-refractivity contribution in [2.45, 2.75) is 24.5 Å². The molecule has 0 aromatic heterocycles. The minimum atomic E-state index is -3.36. The van der Waals surface area contributed by atoms with E-state index < -0.39 is 15.8 Å². The van der Waals surface area contributed by atoms with Crippen LogP contribution in [-0.4, -0.2) is 25.4 Å². The molecule has 1 aromatic carbocycles. The van der Waals surface area contributed by atoms with E-state index in [-0.39, 0.29) is 23.8 Å². The molecule has 4 nitrogen and oxygen atoms in total. The first kappa shape index (κ1) is 13.8. The van der Waals surface area contributed by atoms with Crippen molar-refractivity contribution in [3.63, 3.8) is 0 Å². The van der Waals surface area contributed by atoms with Crippen LogP contribution in [0.25, 0.3) is 0 Å². The van der Waals surface area contributed by atoms with Crippen LogP contribution < -0.4 is 4.72 Å². The molecule has 0 saturated heterocycles. The summed E-state index contributed by atoms with van der Waals surface area (Å²) in [6.45, 7) is -0.0946. The van der Waals surface area contributed by atoms with Gasteiger partial charge in [-0.25, -0.2) is 12.8 Å². The van der Waals surface area contributed by atoms with Crippen LogP contribution in [0.5, 0.6) is 0 Å². The molecule has 0 unspecified atom stereocenters. The third-order valence-corrected chi connectivity index (χ3v) is 4.52. The molecule has 1 saturated carbocycles. The third kappa shape index (κ3) is 3.69. The van der Waals surface area contributed by atoms with E-state index in [1.54, 1.807) is 0 Å². The Balaban J connectivity index is 2.19. The summed E-state index contributed by atoms with van der Waals surface area (Å²) in [6.07, 6.45) is 1.58. The molecule has 0 heterocycles. The fourth-order valence-electron chi connectivity index (χ4n) is 1.52. The first-order valence-corrected chi connectivity index (χ1v) is 7.48. The van der Waals surface area contributed by atoms with Crippen LogP contribution in [-0.2, 0) is 10.0 Å². The molecular weight excluding hydrogens is 269 g/mol. The van der Waals surface area contributed by atoms with E-state index in [2.05, 4.69) is 16.6 Å². The minimum absolute atomic E-state index is 0.0946. The second-order valence-electron chi connectivity index (χ2n) is 4.32. The lowest BCUT2D eigenvalue weighted by molar-refractivity contribution is 0.305. The van der Waals surface area contributed by atoms with Crippen LogP contribution in [0.4, 0.5) is 10.1 Å². The standard InChI is InChI=1S/C13H14FNO3S/c14-13-7-4-11(9-10(13)3-1-2-8-16)15-19(17,18)12-5-6-12/h4,7,9,12,15-16H,2,5-6,8H2. The maximum atomic E-state index is 13.5. The zero-order valence-electron chi connectivity index (χ0n) is 10.2. The molecule has 0 amide bonds. The Morgan fingerprint density at radius 3 is 2.79 bits per heavy atom. The van der Waals surface area contributed by atoms with Crippen molar-refractivity contribution in [1.82, 2.24) is 0 Å². The van der Waals surface area contributed by atoms with Gasteiger partial charge in [-0.05, 0) is 31.0 Å². The zero-order chi connectivity index (χ0) is 13.9. The number of aliphatic hydroxyl groups is 1. The van der Waals surface area contributed by atoms with Gasteiger partial charge in [-0.1, -0.05) is 11.8 Å². The average molecular weight is 283 g/mol.